The van der Waals surface area contributed by atoms with Gasteiger partial charge in [-0.05, 0) is 30.4 Å². The van der Waals surface area contributed by atoms with Crippen LogP contribution in [0.3, 0.4) is 0 Å². The quantitative estimate of drug-likeness (QED) is 0.532. The van der Waals surface area contributed by atoms with E-state index in [2.05, 4.69) is 43.8 Å². The number of ether oxygens (including phenoxy) is 1. The van der Waals surface area contributed by atoms with E-state index in [-0.39, 0.29) is 6.10 Å². The fraction of sp³-hybridized carbons (Fsp3) is 0.364. The Hall–Kier alpha value is -3.20. The average Bonchev–Trinajstić information content (AvgIpc) is 3.35. The van der Waals surface area contributed by atoms with E-state index in [0.717, 1.165) is 54.3 Å². The van der Waals surface area contributed by atoms with Crippen molar-refractivity contribution in [3.8, 4) is 11.8 Å². The third kappa shape index (κ3) is 5.11. The standard InChI is InChI=1S/C22H26N6O2S/c1-4-17-12-23-22(24-13-17)28-9-7-18(8-10-28)29-20-15(2)21(26-14-25-20)30-27-16(3)19-6-5-11-31-19/h5-6,11-14,18,27H,3-4,7-10H2,1-2H3. The molecular formula is C22H26N6O2S. The molecule has 162 valence electrons. The number of anilines is 1. The third-order valence-corrected chi connectivity index (χ3v) is 6.11. The molecule has 3 aromatic heterocycles. The smallest absolute Gasteiger partial charge is 0.255 e. The molecule has 0 unspecified atom stereocenters. The van der Waals surface area contributed by atoms with E-state index in [4.69, 9.17) is 9.57 Å². The fourth-order valence-corrected chi connectivity index (χ4v) is 3.92. The average molecular weight is 439 g/mol. The fourth-order valence-electron chi connectivity index (χ4n) is 3.28. The zero-order valence-electron chi connectivity index (χ0n) is 17.7. The van der Waals surface area contributed by atoms with Gasteiger partial charge in [0.15, 0.2) is 0 Å². The second-order valence-corrected chi connectivity index (χ2v) is 8.27. The van der Waals surface area contributed by atoms with Gasteiger partial charge < -0.3 is 14.5 Å². The molecule has 1 fully saturated rings. The first-order valence-corrected chi connectivity index (χ1v) is 11.2. The topological polar surface area (TPSA) is 85.3 Å². The zero-order chi connectivity index (χ0) is 21.6. The second kappa shape index (κ2) is 9.74. The first kappa shape index (κ1) is 21.0. The Labute approximate surface area is 186 Å². The van der Waals surface area contributed by atoms with E-state index < -0.39 is 0 Å². The molecule has 8 nitrogen and oxygen atoms in total. The van der Waals surface area contributed by atoms with Crippen LogP contribution in [-0.2, 0) is 6.42 Å². The van der Waals surface area contributed by atoms with Crippen molar-refractivity contribution in [3.63, 3.8) is 0 Å². The van der Waals surface area contributed by atoms with Crippen molar-refractivity contribution in [3.05, 3.63) is 58.8 Å². The molecule has 0 bridgehead atoms. The number of hydroxylamine groups is 1. The van der Waals surface area contributed by atoms with E-state index in [0.29, 0.717) is 17.5 Å². The van der Waals surface area contributed by atoms with Gasteiger partial charge in [-0.3, -0.25) is 0 Å². The van der Waals surface area contributed by atoms with Crippen LogP contribution < -0.4 is 20.0 Å². The summed E-state index contributed by atoms with van der Waals surface area (Å²) < 4.78 is 6.18. The lowest BCUT2D eigenvalue weighted by Crippen LogP contribution is -2.39. The van der Waals surface area contributed by atoms with Crippen LogP contribution in [0.25, 0.3) is 5.70 Å². The predicted molar refractivity (Wildman–Crippen MR) is 121 cm³/mol. The Morgan fingerprint density at radius 3 is 2.61 bits per heavy atom. The first-order valence-electron chi connectivity index (χ1n) is 10.3. The molecule has 0 aliphatic carbocycles. The Bertz CT molecular complexity index is 1000. The lowest BCUT2D eigenvalue weighted by Gasteiger charge is -2.32. The van der Waals surface area contributed by atoms with Crippen LogP contribution in [0.15, 0.2) is 42.8 Å². The third-order valence-electron chi connectivity index (χ3n) is 5.18. The van der Waals surface area contributed by atoms with Gasteiger partial charge >= 0.3 is 0 Å². The van der Waals surface area contributed by atoms with Gasteiger partial charge in [-0.25, -0.2) is 20.4 Å². The van der Waals surface area contributed by atoms with Gasteiger partial charge in [-0.15, -0.1) is 11.3 Å². The maximum absolute atomic E-state index is 6.18. The minimum atomic E-state index is 0.0710. The van der Waals surface area contributed by atoms with E-state index >= 15 is 0 Å². The monoisotopic (exact) mass is 438 g/mol. The molecule has 31 heavy (non-hydrogen) atoms. The summed E-state index contributed by atoms with van der Waals surface area (Å²) in [6, 6.07) is 3.94. The molecular weight excluding hydrogens is 412 g/mol. The summed E-state index contributed by atoms with van der Waals surface area (Å²) in [6.45, 7) is 9.65. The molecule has 1 saturated heterocycles. The van der Waals surface area contributed by atoms with Crippen molar-refractivity contribution in [1.82, 2.24) is 25.4 Å². The van der Waals surface area contributed by atoms with Crippen LogP contribution in [0.4, 0.5) is 5.95 Å². The number of hydrogen-bond donors (Lipinski definition) is 1. The largest absolute Gasteiger partial charge is 0.474 e. The van der Waals surface area contributed by atoms with Crippen LogP contribution in [0.5, 0.6) is 11.8 Å². The summed E-state index contributed by atoms with van der Waals surface area (Å²) >= 11 is 1.58. The van der Waals surface area contributed by atoms with Crippen molar-refractivity contribution in [2.75, 3.05) is 18.0 Å². The van der Waals surface area contributed by atoms with Crippen molar-refractivity contribution in [2.45, 2.75) is 39.2 Å². The number of hydrogen-bond acceptors (Lipinski definition) is 9. The van der Waals surface area contributed by atoms with Crippen molar-refractivity contribution < 1.29 is 9.57 Å². The number of aromatic nitrogens is 4. The number of thiophene rings is 1. The highest BCUT2D eigenvalue weighted by Gasteiger charge is 2.24. The number of rotatable bonds is 8. The van der Waals surface area contributed by atoms with E-state index in [1.807, 2.05) is 36.8 Å². The van der Waals surface area contributed by atoms with Crippen molar-refractivity contribution in [2.24, 2.45) is 0 Å². The van der Waals surface area contributed by atoms with Gasteiger partial charge in [0.1, 0.15) is 12.4 Å². The van der Waals surface area contributed by atoms with Crippen molar-refractivity contribution >= 4 is 23.0 Å². The van der Waals surface area contributed by atoms with Crippen LogP contribution in [0, 0.1) is 6.92 Å². The number of nitrogens with zero attached hydrogens (tertiary/aromatic N) is 5. The molecule has 4 rings (SSSR count). The SMILES string of the molecule is C=C(NOc1ncnc(OC2CCN(c3ncc(CC)cn3)CC2)c1C)c1cccs1. The molecule has 1 N–H and O–H groups in total. The molecule has 0 amide bonds. The van der Waals surface area contributed by atoms with Crippen LogP contribution in [0.2, 0.25) is 0 Å². The molecule has 0 aromatic carbocycles. The lowest BCUT2D eigenvalue weighted by molar-refractivity contribution is 0.159. The zero-order valence-corrected chi connectivity index (χ0v) is 18.6. The van der Waals surface area contributed by atoms with Gasteiger partial charge in [0.05, 0.1) is 16.1 Å². The Balaban J connectivity index is 1.32. The highest BCUT2D eigenvalue weighted by molar-refractivity contribution is 7.11. The molecule has 1 aliphatic heterocycles. The first-order chi connectivity index (χ1) is 15.1. The molecule has 0 atom stereocenters. The van der Waals surface area contributed by atoms with Gasteiger partial charge in [0, 0.05) is 38.3 Å². The van der Waals surface area contributed by atoms with Gasteiger partial charge in [0.2, 0.25) is 11.8 Å². The lowest BCUT2D eigenvalue weighted by atomic mass is 10.1. The molecule has 0 spiro atoms. The number of piperidine rings is 1. The highest BCUT2D eigenvalue weighted by atomic mass is 32.1. The van der Waals surface area contributed by atoms with E-state index in [1.54, 1.807) is 11.3 Å². The van der Waals surface area contributed by atoms with Crippen molar-refractivity contribution in [1.29, 1.82) is 0 Å². The Morgan fingerprint density at radius 2 is 1.94 bits per heavy atom. The molecule has 1 aliphatic rings. The summed E-state index contributed by atoms with van der Waals surface area (Å²) in [7, 11) is 0. The van der Waals surface area contributed by atoms with Gasteiger partial charge in [-0.1, -0.05) is 19.6 Å². The summed E-state index contributed by atoms with van der Waals surface area (Å²) in [6.07, 6.45) is 8.00. The number of aryl methyl sites for hydroxylation is 1. The molecule has 0 saturated carbocycles. The minimum Gasteiger partial charge on any atom is -0.474 e. The molecule has 9 heteroatoms. The summed E-state index contributed by atoms with van der Waals surface area (Å²) in [5, 5.41) is 1.99. The van der Waals surface area contributed by atoms with Crippen LogP contribution in [-0.4, -0.2) is 39.1 Å². The number of nitrogens with one attached hydrogen (secondary N) is 1. The summed E-state index contributed by atoms with van der Waals surface area (Å²) in [5.74, 6) is 1.74. The predicted octanol–water partition coefficient (Wildman–Crippen LogP) is 3.80. The molecule has 3 aromatic rings. The minimum absolute atomic E-state index is 0.0710. The van der Waals surface area contributed by atoms with Gasteiger partial charge in [-0.2, -0.15) is 4.98 Å². The normalized spacial score (nSPS) is 14.3. The Morgan fingerprint density at radius 1 is 1.19 bits per heavy atom. The van der Waals surface area contributed by atoms with E-state index in [1.165, 1.54) is 6.33 Å². The van der Waals surface area contributed by atoms with Gasteiger partial charge in [0.25, 0.3) is 5.88 Å². The maximum atomic E-state index is 6.18. The van der Waals surface area contributed by atoms with Crippen LogP contribution in [0.1, 0.15) is 35.8 Å². The Kier molecular flexibility index (Phi) is 6.61. The molecule has 0 radical (unpaired) electrons. The second-order valence-electron chi connectivity index (χ2n) is 7.32. The molecule has 4 heterocycles. The highest BCUT2D eigenvalue weighted by Crippen LogP contribution is 2.26. The van der Waals surface area contributed by atoms with Crippen LogP contribution >= 0.6 is 11.3 Å². The van der Waals surface area contributed by atoms with E-state index in [9.17, 15) is 0 Å². The summed E-state index contributed by atoms with van der Waals surface area (Å²) in [4.78, 5) is 26.3. The summed E-state index contributed by atoms with van der Waals surface area (Å²) in [5.41, 5.74) is 5.42. The maximum Gasteiger partial charge on any atom is 0.255 e.